The summed E-state index contributed by atoms with van der Waals surface area (Å²) in [6, 6.07) is 0. The molecule has 0 amide bonds. The van der Waals surface area contributed by atoms with Crippen molar-refractivity contribution >= 4 is 0 Å². The Labute approximate surface area is 86.0 Å². The minimum Gasteiger partial charge on any atom is -0.377 e. The van der Waals surface area contributed by atoms with Gasteiger partial charge in [-0.1, -0.05) is 19.3 Å². The maximum Gasteiger partial charge on any atom is 0.0700 e. The molecule has 1 heterocycles. The van der Waals surface area contributed by atoms with E-state index >= 15 is 0 Å². The maximum atomic E-state index is 10.3. The third kappa shape index (κ3) is 1.58. The predicted octanol–water partition coefficient (Wildman–Crippen LogP) is 2.19. The molecule has 0 aromatic rings. The summed E-state index contributed by atoms with van der Waals surface area (Å²) in [7, 11) is 0. The number of hydrogen-bond acceptors (Lipinski definition) is 3. The van der Waals surface area contributed by atoms with Crippen molar-refractivity contribution in [3.63, 3.8) is 0 Å². The highest BCUT2D eigenvalue weighted by Gasteiger charge is 2.48. The average Bonchev–Trinajstić information content (AvgIpc) is 2.16. The van der Waals surface area contributed by atoms with Gasteiger partial charge in [0.25, 0.3) is 0 Å². The lowest BCUT2D eigenvalue weighted by atomic mass is 9.79. The second-order valence-corrected chi connectivity index (χ2v) is 5.40. The fourth-order valence-corrected chi connectivity index (χ4v) is 2.82. The molecular formula is C11H21NO2. The molecule has 14 heavy (non-hydrogen) atoms. The van der Waals surface area contributed by atoms with E-state index in [4.69, 9.17) is 4.74 Å². The molecule has 0 radical (unpaired) electrons. The summed E-state index contributed by atoms with van der Waals surface area (Å²) in [6.45, 7) is 5.42. The molecule has 0 aromatic heterocycles. The van der Waals surface area contributed by atoms with Gasteiger partial charge in [0.1, 0.15) is 0 Å². The number of ether oxygens (including phenoxy) is 1. The van der Waals surface area contributed by atoms with E-state index < -0.39 is 0 Å². The number of hydrogen-bond donors (Lipinski definition) is 1. The first-order valence-electron chi connectivity index (χ1n) is 5.64. The molecule has 1 spiro atoms. The van der Waals surface area contributed by atoms with Gasteiger partial charge in [0.05, 0.1) is 24.3 Å². The Bertz CT molecular complexity index is 204. The zero-order valence-corrected chi connectivity index (χ0v) is 9.25. The van der Waals surface area contributed by atoms with Crippen LogP contribution in [0.4, 0.5) is 0 Å². The molecule has 3 heteroatoms. The fourth-order valence-electron chi connectivity index (χ4n) is 2.82. The molecule has 0 unspecified atom stereocenters. The Kier molecular flexibility index (Phi) is 2.58. The lowest BCUT2D eigenvalue weighted by Gasteiger charge is -2.53. The first-order valence-corrected chi connectivity index (χ1v) is 5.64. The van der Waals surface area contributed by atoms with Crippen molar-refractivity contribution in [2.75, 3.05) is 13.2 Å². The van der Waals surface area contributed by atoms with Gasteiger partial charge >= 0.3 is 0 Å². The van der Waals surface area contributed by atoms with Crippen molar-refractivity contribution in [1.29, 1.82) is 0 Å². The molecular weight excluding hydrogens is 178 g/mol. The summed E-state index contributed by atoms with van der Waals surface area (Å²) in [6.07, 6.45) is 5.89. The normalized spacial score (nSPS) is 31.9. The van der Waals surface area contributed by atoms with Crippen molar-refractivity contribution in [2.24, 2.45) is 0 Å². The Balaban J connectivity index is 2.16. The van der Waals surface area contributed by atoms with Crippen molar-refractivity contribution in [3.8, 4) is 0 Å². The highest BCUT2D eigenvalue weighted by atomic mass is 16.5. The minimum atomic E-state index is -0.227. The molecule has 2 fully saturated rings. The van der Waals surface area contributed by atoms with Gasteiger partial charge < -0.3 is 9.94 Å². The summed E-state index contributed by atoms with van der Waals surface area (Å²) in [5.74, 6) is 0. The van der Waals surface area contributed by atoms with Crippen LogP contribution in [0.1, 0.15) is 46.0 Å². The molecule has 1 saturated carbocycles. The zero-order valence-electron chi connectivity index (χ0n) is 9.25. The van der Waals surface area contributed by atoms with Crippen molar-refractivity contribution < 1.29 is 9.94 Å². The van der Waals surface area contributed by atoms with E-state index in [0.29, 0.717) is 13.2 Å². The van der Waals surface area contributed by atoms with Crippen LogP contribution >= 0.6 is 0 Å². The zero-order chi connectivity index (χ0) is 10.2. The summed E-state index contributed by atoms with van der Waals surface area (Å²) >= 11 is 0. The maximum absolute atomic E-state index is 10.3. The average molecular weight is 199 g/mol. The highest BCUT2D eigenvalue weighted by molar-refractivity contribution is 4.98. The van der Waals surface area contributed by atoms with Gasteiger partial charge in [0, 0.05) is 0 Å². The second kappa shape index (κ2) is 3.47. The molecule has 2 rings (SSSR count). The number of nitrogens with zero attached hydrogens (tertiary/aromatic N) is 1. The van der Waals surface area contributed by atoms with Crippen molar-refractivity contribution in [3.05, 3.63) is 0 Å². The molecule has 82 valence electrons. The van der Waals surface area contributed by atoms with Gasteiger partial charge in [-0.2, -0.15) is 5.06 Å². The van der Waals surface area contributed by atoms with Gasteiger partial charge in [-0.05, 0) is 26.7 Å². The van der Waals surface area contributed by atoms with Crippen LogP contribution in [0.3, 0.4) is 0 Å². The lowest BCUT2D eigenvalue weighted by molar-refractivity contribution is -0.295. The predicted molar refractivity (Wildman–Crippen MR) is 54.3 cm³/mol. The van der Waals surface area contributed by atoms with E-state index in [0.717, 1.165) is 12.8 Å². The highest BCUT2D eigenvalue weighted by Crippen LogP contribution is 2.39. The first-order chi connectivity index (χ1) is 6.57. The van der Waals surface area contributed by atoms with Crippen molar-refractivity contribution in [1.82, 2.24) is 5.06 Å². The first kappa shape index (κ1) is 10.4. The molecule has 1 saturated heterocycles. The lowest BCUT2D eigenvalue weighted by Crippen LogP contribution is -2.65. The molecule has 1 aliphatic heterocycles. The van der Waals surface area contributed by atoms with E-state index in [1.165, 1.54) is 19.3 Å². The number of morpholine rings is 1. The molecule has 0 atom stereocenters. The minimum absolute atomic E-state index is 0.0833. The van der Waals surface area contributed by atoms with Crippen LogP contribution in [0.5, 0.6) is 0 Å². The van der Waals surface area contributed by atoms with Gasteiger partial charge in [-0.3, -0.25) is 0 Å². The summed E-state index contributed by atoms with van der Waals surface area (Å²) in [4.78, 5) is 0. The van der Waals surface area contributed by atoms with E-state index in [9.17, 15) is 5.21 Å². The second-order valence-electron chi connectivity index (χ2n) is 5.40. The third-order valence-electron chi connectivity index (χ3n) is 3.63. The fraction of sp³-hybridized carbons (Fsp3) is 1.00. The van der Waals surface area contributed by atoms with Crippen molar-refractivity contribution in [2.45, 2.75) is 57.0 Å². The summed E-state index contributed by atoms with van der Waals surface area (Å²) < 4.78 is 5.65. The summed E-state index contributed by atoms with van der Waals surface area (Å²) in [5.41, 5.74) is -0.310. The van der Waals surface area contributed by atoms with Crippen LogP contribution in [0, 0.1) is 0 Å². The molecule has 2 aliphatic rings. The smallest absolute Gasteiger partial charge is 0.0700 e. The largest absolute Gasteiger partial charge is 0.377 e. The van der Waals surface area contributed by atoms with E-state index in [1.54, 1.807) is 5.06 Å². The Morgan fingerprint density at radius 3 is 2.36 bits per heavy atom. The van der Waals surface area contributed by atoms with Crippen LogP contribution in [0.15, 0.2) is 0 Å². The van der Waals surface area contributed by atoms with Crippen LogP contribution in [0.25, 0.3) is 0 Å². The topological polar surface area (TPSA) is 32.7 Å². The van der Waals surface area contributed by atoms with Crippen LogP contribution in [-0.2, 0) is 4.74 Å². The Morgan fingerprint density at radius 1 is 1.07 bits per heavy atom. The van der Waals surface area contributed by atoms with Gasteiger partial charge in [-0.15, -0.1) is 0 Å². The quantitative estimate of drug-likeness (QED) is 0.649. The van der Waals surface area contributed by atoms with E-state index in [2.05, 4.69) is 0 Å². The monoisotopic (exact) mass is 199 g/mol. The van der Waals surface area contributed by atoms with Gasteiger partial charge in [0.2, 0.25) is 0 Å². The Hall–Kier alpha value is -0.120. The molecule has 1 aliphatic carbocycles. The van der Waals surface area contributed by atoms with Gasteiger partial charge in [0.15, 0.2) is 0 Å². The molecule has 0 aromatic carbocycles. The SMILES string of the molecule is CC1(C)COCC2(CCCCC2)N1O. The standard InChI is InChI=1S/C11H21NO2/c1-10(2)8-14-9-11(12(10)13)6-4-3-5-7-11/h13H,3-9H2,1-2H3. The third-order valence-corrected chi connectivity index (χ3v) is 3.63. The molecule has 1 N–H and O–H groups in total. The van der Waals surface area contributed by atoms with Crippen LogP contribution in [-0.4, -0.2) is 34.6 Å². The summed E-state index contributed by atoms with van der Waals surface area (Å²) in [5, 5.41) is 11.9. The van der Waals surface area contributed by atoms with Gasteiger partial charge in [-0.25, -0.2) is 0 Å². The van der Waals surface area contributed by atoms with Crippen LogP contribution in [0.2, 0.25) is 0 Å². The number of rotatable bonds is 0. The van der Waals surface area contributed by atoms with E-state index in [-0.39, 0.29) is 11.1 Å². The molecule has 3 nitrogen and oxygen atoms in total. The Morgan fingerprint density at radius 2 is 1.71 bits per heavy atom. The van der Waals surface area contributed by atoms with E-state index in [1.807, 2.05) is 13.8 Å². The molecule has 0 bridgehead atoms. The number of hydroxylamine groups is 2. The van der Waals surface area contributed by atoms with Crippen LogP contribution < -0.4 is 0 Å².